The van der Waals surface area contributed by atoms with Crippen LogP contribution in [0.25, 0.3) is 10.9 Å². The highest BCUT2D eigenvalue weighted by Crippen LogP contribution is 2.40. The summed E-state index contributed by atoms with van der Waals surface area (Å²) in [6, 6.07) is 12.4. The number of halogens is 1. The minimum Gasteiger partial charge on any atom is -0.325 e. The lowest BCUT2D eigenvalue weighted by Crippen LogP contribution is -2.34. The van der Waals surface area contributed by atoms with Crippen molar-refractivity contribution >= 4 is 34.1 Å². The first-order valence-corrected chi connectivity index (χ1v) is 11.6. The number of fused-ring (bicyclic) bond motifs is 2. The van der Waals surface area contributed by atoms with Crippen LogP contribution < -0.4 is 5.32 Å². The first kappa shape index (κ1) is 20.5. The van der Waals surface area contributed by atoms with Crippen molar-refractivity contribution in [2.75, 3.05) is 25.0 Å². The number of aromatic amines is 1. The normalized spacial score (nSPS) is 19.0. The van der Waals surface area contributed by atoms with Crippen LogP contribution in [0.4, 0.5) is 5.69 Å². The molecule has 1 amide bonds. The van der Waals surface area contributed by atoms with E-state index in [1.54, 1.807) is 0 Å². The zero-order valence-corrected chi connectivity index (χ0v) is 18.9. The number of anilines is 1. The second kappa shape index (κ2) is 7.95. The predicted molar refractivity (Wildman–Crippen MR) is 126 cm³/mol. The number of aryl methyl sites for hydroxylation is 1. The quantitative estimate of drug-likeness (QED) is 0.573. The van der Waals surface area contributed by atoms with Gasteiger partial charge >= 0.3 is 0 Å². The summed E-state index contributed by atoms with van der Waals surface area (Å²) < 4.78 is 0. The van der Waals surface area contributed by atoms with E-state index in [1.165, 1.54) is 11.1 Å². The van der Waals surface area contributed by atoms with E-state index in [4.69, 9.17) is 11.6 Å². The van der Waals surface area contributed by atoms with Crippen LogP contribution in [0.1, 0.15) is 55.8 Å². The first-order valence-electron chi connectivity index (χ1n) is 11.2. The molecule has 31 heavy (non-hydrogen) atoms. The maximum Gasteiger partial charge on any atom is 0.234 e. The van der Waals surface area contributed by atoms with Crippen LogP contribution in [0.5, 0.6) is 0 Å². The molecule has 0 radical (unpaired) electrons. The number of hydrogen-bond acceptors (Lipinski definition) is 3. The Morgan fingerprint density at radius 1 is 1.19 bits per heavy atom. The van der Waals surface area contributed by atoms with E-state index in [2.05, 4.69) is 44.7 Å². The Labute approximate surface area is 188 Å². The Morgan fingerprint density at radius 3 is 2.77 bits per heavy atom. The smallest absolute Gasteiger partial charge is 0.234 e. The summed E-state index contributed by atoms with van der Waals surface area (Å²) in [6.45, 7) is 7.24. The fraction of sp³-hybridized carbons (Fsp3) is 0.440. The van der Waals surface area contributed by atoms with Crippen molar-refractivity contribution in [1.29, 1.82) is 0 Å². The monoisotopic (exact) mass is 436 g/mol. The lowest BCUT2D eigenvalue weighted by Gasteiger charge is -2.31. The number of likely N-dealkylation sites (tertiary alicyclic amines) is 1. The Kier molecular flexibility index (Phi) is 5.27. The van der Waals surface area contributed by atoms with Crippen molar-refractivity contribution in [2.45, 2.75) is 50.9 Å². The molecule has 5 nitrogen and oxygen atoms in total. The van der Waals surface area contributed by atoms with Crippen LogP contribution in [0.3, 0.4) is 0 Å². The minimum absolute atomic E-state index is 0.0450. The van der Waals surface area contributed by atoms with Crippen LogP contribution >= 0.6 is 11.6 Å². The molecule has 5 rings (SSSR count). The van der Waals surface area contributed by atoms with E-state index in [1.807, 2.05) is 26.0 Å². The molecule has 2 aliphatic rings. The first-order chi connectivity index (χ1) is 14.9. The number of carbonyl (C=O) groups excluding carboxylic acids is 1. The SMILES string of the molecule is CC1(C)C(=O)Nc2cc(Cl)c(CCCN3CCC(c4[nH]nc5ccccc45)CC3)cc21. The van der Waals surface area contributed by atoms with E-state index in [0.717, 1.165) is 72.7 Å². The Bertz CT molecular complexity index is 1130. The molecule has 6 heteroatoms. The molecule has 2 aromatic carbocycles. The van der Waals surface area contributed by atoms with E-state index >= 15 is 0 Å². The highest BCUT2D eigenvalue weighted by molar-refractivity contribution is 6.32. The van der Waals surface area contributed by atoms with Gasteiger partial charge in [-0.1, -0.05) is 35.9 Å². The number of H-pyrrole nitrogens is 1. The molecule has 0 aliphatic carbocycles. The Balaban J connectivity index is 1.17. The molecule has 0 unspecified atom stereocenters. The van der Waals surface area contributed by atoms with Crippen molar-refractivity contribution in [2.24, 2.45) is 0 Å². The van der Waals surface area contributed by atoms with Crippen LogP contribution in [0.2, 0.25) is 5.02 Å². The van der Waals surface area contributed by atoms with Crippen molar-refractivity contribution in [3.8, 4) is 0 Å². The van der Waals surface area contributed by atoms with Crippen molar-refractivity contribution in [3.05, 3.63) is 58.2 Å². The summed E-state index contributed by atoms with van der Waals surface area (Å²) in [4.78, 5) is 14.8. The standard InChI is InChI=1S/C25H29ClN4O/c1-25(2)19-14-17(20(26)15-22(19)27-24(25)31)6-5-11-30-12-9-16(10-13-30)23-18-7-3-4-8-21(18)28-29-23/h3-4,7-8,14-16H,5-6,9-13H2,1-2H3,(H,27,31)(H,28,29). The van der Waals surface area contributed by atoms with Gasteiger partial charge in [-0.05, 0) is 82.4 Å². The van der Waals surface area contributed by atoms with Gasteiger partial charge in [-0.2, -0.15) is 5.10 Å². The maximum absolute atomic E-state index is 12.2. The number of piperidine rings is 1. The van der Waals surface area contributed by atoms with E-state index in [-0.39, 0.29) is 5.91 Å². The number of amides is 1. The number of nitrogens with one attached hydrogen (secondary N) is 2. The minimum atomic E-state index is -0.493. The highest BCUT2D eigenvalue weighted by atomic mass is 35.5. The van der Waals surface area contributed by atoms with E-state index in [9.17, 15) is 4.79 Å². The van der Waals surface area contributed by atoms with Gasteiger partial charge in [-0.3, -0.25) is 9.89 Å². The van der Waals surface area contributed by atoms with Gasteiger partial charge in [0.2, 0.25) is 5.91 Å². The Hall–Kier alpha value is -2.37. The van der Waals surface area contributed by atoms with Gasteiger partial charge in [0.15, 0.2) is 0 Å². The van der Waals surface area contributed by atoms with E-state index < -0.39 is 5.41 Å². The molecular formula is C25H29ClN4O. The predicted octanol–water partition coefficient (Wildman–Crippen LogP) is 5.26. The molecular weight excluding hydrogens is 408 g/mol. The molecule has 2 aliphatic heterocycles. The lowest BCUT2D eigenvalue weighted by atomic mass is 9.85. The highest BCUT2D eigenvalue weighted by Gasteiger charge is 2.38. The van der Waals surface area contributed by atoms with Gasteiger partial charge in [0.05, 0.1) is 10.9 Å². The van der Waals surface area contributed by atoms with Gasteiger partial charge < -0.3 is 10.2 Å². The summed E-state index contributed by atoms with van der Waals surface area (Å²) in [5.41, 5.74) is 4.93. The van der Waals surface area contributed by atoms with E-state index in [0.29, 0.717) is 5.92 Å². The van der Waals surface area contributed by atoms with Crippen LogP contribution in [-0.2, 0) is 16.6 Å². The lowest BCUT2D eigenvalue weighted by molar-refractivity contribution is -0.119. The van der Waals surface area contributed by atoms with Gasteiger partial charge in [-0.15, -0.1) is 0 Å². The third-order valence-electron chi connectivity index (χ3n) is 7.08. The number of rotatable bonds is 5. The van der Waals surface area contributed by atoms with Gasteiger partial charge in [0.1, 0.15) is 0 Å². The Morgan fingerprint density at radius 2 is 1.97 bits per heavy atom. The molecule has 0 bridgehead atoms. The molecule has 1 saturated heterocycles. The zero-order valence-electron chi connectivity index (χ0n) is 18.2. The third-order valence-corrected chi connectivity index (χ3v) is 7.43. The molecule has 0 spiro atoms. The summed E-state index contributed by atoms with van der Waals surface area (Å²) in [5, 5.41) is 12.7. The fourth-order valence-electron chi connectivity index (χ4n) is 5.06. The molecule has 162 valence electrons. The molecule has 1 fully saturated rings. The van der Waals surface area contributed by atoms with Crippen LogP contribution in [0, 0.1) is 0 Å². The second-order valence-electron chi connectivity index (χ2n) is 9.44. The van der Waals surface area contributed by atoms with Crippen molar-refractivity contribution < 1.29 is 4.79 Å². The summed E-state index contributed by atoms with van der Waals surface area (Å²) in [7, 11) is 0. The van der Waals surface area contributed by atoms with Gasteiger partial charge in [0.25, 0.3) is 0 Å². The molecule has 0 atom stereocenters. The average Bonchev–Trinajstić information content (AvgIpc) is 3.28. The number of carbonyl (C=O) groups is 1. The molecule has 3 aromatic rings. The number of nitrogens with zero attached hydrogens (tertiary/aromatic N) is 2. The third kappa shape index (κ3) is 3.74. The van der Waals surface area contributed by atoms with Gasteiger partial charge in [0, 0.05) is 27.7 Å². The van der Waals surface area contributed by atoms with Crippen LogP contribution in [-0.4, -0.2) is 40.6 Å². The average molecular weight is 437 g/mol. The van der Waals surface area contributed by atoms with Gasteiger partial charge in [-0.25, -0.2) is 0 Å². The topological polar surface area (TPSA) is 61.0 Å². The second-order valence-corrected chi connectivity index (χ2v) is 9.85. The van der Waals surface area contributed by atoms with Crippen molar-refractivity contribution in [1.82, 2.24) is 15.1 Å². The molecule has 3 heterocycles. The number of aromatic nitrogens is 2. The summed E-state index contributed by atoms with van der Waals surface area (Å²) in [5.74, 6) is 0.603. The number of para-hydroxylation sites is 1. The molecule has 1 aromatic heterocycles. The molecule has 0 saturated carbocycles. The van der Waals surface area contributed by atoms with Crippen LogP contribution in [0.15, 0.2) is 36.4 Å². The fourth-order valence-corrected chi connectivity index (χ4v) is 5.32. The summed E-state index contributed by atoms with van der Waals surface area (Å²) >= 11 is 6.52. The largest absolute Gasteiger partial charge is 0.325 e. The maximum atomic E-state index is 12.2. The molecule has 2 N–H and O–H groups in total. The number of hydrogen-bond donors (Lipinski definition) is 2. The number of benzene rings is 2. The summed E-state index contributed by atoms with van der Waals surface area (Å²) in [6.07, 6.45) is 4.32. The zero-order chi connectivity index (χ0) is 21.6. The van der Waals surface area contributed by atoms with Crippen molar-refractivity contribution in [3.63, 3.8) is 0 Å².